The molecule has 0 radical (unpaired) electrons. The minimum absolute atomic E-state index is 0.00347. The highest BCUT2D eigenvalue weighted by Gasteiger charge is 2.38. The van der Waals surface area contributed by atoms with E-state index < -0.39 is 0 Å². The maximum Gasteiger partial charge on any atom is 0.321 e. The van der Waals surface area contributed by atoms with Gasteiger partial charge in [0.25, 0.3) is 0 Å². The van der Waals surface area contributed by atoms with Crippen LogP contribution in [0.4, 0.5) is 4.79 Å². The van der Waals surface area contributed by atoms with Crippen LogP contribution in [0, 0.1) is 5.92 Å². The first kappa shape index (κ1) is 6.60. The van der Waals surface area contributed by atoms with Crippen LogP contribution < -0.4 is 16.0 Å². The number of fused-ring (bicyclic) bond motifs is 1. The molecule has 0 aromatic heterocycles. The van der Waals surface area contributed by atoms with Gasteiger partial charge in [-0.25, -0.2) is 4.79 Å². The Hall–Kier alpha value is -1.10. The molecule has 5 heteroatoms. The highest BCUT2D eigenvalue weighted by atomic mass is 16.2. The van der Waals surface area contributed by atoms with Crippen LogP contribution in [0.15, 0.2) is 0 Å². The molecule has 11 heavy (non-hydrogen) atoms. The van der Waals surface area contributed by atoms with Gasteiger partial charge in [0.15, 0.2) is 0 Å². The minimum Gasteiger partial charge on any atom is -0.333 e. The van der Waals surface area contributed by atoms with Gasteiger partial charge >= 0.3 is 6.03 Å². The van der Waals surface area contributed by atoms with Crippen LogP contribution in [-0.2, 0) is 4.79 Å². The van der Waals surface area contributed by atoms with Crippen molar-refractivity contribution in [1.82, 2.24) is 16.0 Å². The molecule has 3 N–H and O–H groups in total. The average molecular weight is 155 g/mol. The summed E-state index contributed by atoms with van der Waals surface area (Å²) in [5.74, 6) is -0.239. The third-order valence-electron chi connectivity index (χ3n) is 2.10. The molecule has 0 saturated carbocycles. The molecule has 2 atom stereocenters. The molecular weight excluding hydrogens is 146 g/mol. The molecule has 2 aliphatic rings. The van der Waals surface area contributed by atoms with Gasteiger partial charge in [0, 0.05) is 13.1 Å². The highest BCUT2D eigenvalue weighted by Crippen LogP contribution is 2.11. The van der Waals surface area contributed by atoms with Gasteiger partial charge in [-0.15, -0.1) is 0 Å². The summed E-state index contributed by atoms with van der Waals surface area (Å²) in [6.07, 6.45) is 0. The largest absolute Gasteiger partial charge is 0.333 e. The van der Waals surface area contributed by atoms with E-state index in [1.165, 1.54) is 0 Å². The van der Waals surface area contributed by atoms with Gasteiger partial charge < -0.3 is 10.6 Å². The first-order valence-corrected chi connectivity index (χ1v) is 3.59. The fourth-order valence-corrected chi connectivity index (χ4v) is 1.51. The molecule has 60 valence electrons. The molecule has 0 bridgehead atoms. The number of carbonyl (C=O) groups excluding carboxylic acids is 2. The Morgan fingerprint density at radius 2 is 2.09 bits per heavy atom. The first-order valence-electron chi connectivity index (χ1n) is 3.59. The normalized spacial score (nSPS) is 36.0. The number of nitrogens with one attached hydrogen (secondary N) is 3. The summed E-state index contributed by atoms with van der Waals surface area (Å²) in [5, 5.41) is 7.94. The Labute approximate surface area is 63.5 Å². The monoisotopic (exact) mass is 155 g/mol. The van der Waals surface area contributed by atoms with Gasteiger partial charge in [0.05, 0.1) is 12.0 Å². The van der Waals surface area contributed by atoms with E-state index in [-0.39, 0.29) is 23.9 Å². The number of hydrogen-bond acceptors (Lipinski definition) is 3. The molecular formula is C6H9N3O2. The lowest BCUT2D eigenvalue weighted by atomic mass is 10.0. The lowest BCUT2D eigenvalue weighted by Crippen LogP contribution is -2.57. The fourth-order valence-electron chi connectivity index (χ4n) is 1.51. The second-order valence-electron chi connectivity index (χ2n) is 2.83. The van der Waals surface area contributed by atoms with Crippen LogP contribution in [-0.4, -0.2) is 31.1 Å². The number of carbonyl (C=O) groups is 2. The number of hydrogen-bond donors (Lipinski definition) is 3. The minimum atomic E-state index is -0.375. The van der Waals surface area contributed by atoms with Crippen molar-refractivity contribution < 1.29 is 9.59 Å². The SMILES string of the molecule is O=C1NC(=O)[C@@H]2CNC[C@H]2N1. The van der Waals surface area contributed by atoms with Crippen molar-refractivity contribution in [3.05, 3.63) is 0 Å². The van der Waals surface area contributed by atoms with Gasteiger partial charge in [-0.3, -0.25) is 10.1 Å². The molecule has 2 aliphatic heterocycles. The van der Waals surface area contributed by atoms with E-state index in [1.54, 1.807) is 0 Å². The van der Waals surface area contributed by atoms with Gasteiger partial charge in [-0.05, 0) is 0 Å². The number of imide groups is 1. The van der Waals surface area contributed by atoms with E-state index in [4.69, 9.17) is 0 Å². The van der Waals surface area contributed by atoms with Gasteiger partial charge in [-0.1, -0.05) is 0 Å². The predicted octanol–water partition coefficient (Wildman–Crippen LogP) is -1.59. The molecule has 2 heterocycles. The Morgan fingerprint density at radius 1 is 1.27 bits per heavy atom. The van der Waals surface area contributed by atoms with Crippen LogP contribution in [0.2, 0.25) is 0 Å². The molecule has 0 spiro atoms. The lowest BCUT2D eigenvalue weighted by Gasteiger charge is -2.24. The molecule has 0 unspecified atom stereocenters. The molecule has 3 amide bonds. The van der Waals surface area contributed by atoms with Gasteiger partial charge in [0.2, 0.25) is 5.91 Å². The zero-order valence-corrected chi connectivity index (χ0v) is 5.89. The van der Waals surface area contributed by atoms with E-state index >= 15 is 0 Å². The molecule has 0 aliphatic carbocycles. The maximum absolute atomic E-state index is 11.1. The summed E-state index contributed by atoms with van der Waals surface area (Å²) >= 11 is 0. The second-order valence-corrected chi connectivity index (χ2v) is 2.83. The van der Waals surface area contributed by atoms with E-state index in [9.17, 15) is 9.59 Å². The Morgan fingerprint density at radius 3 is 2.91 bits per heavy atom. The zero-order chi connectivity index (χ0) is 7.84. The average Bonchev–Trinajstić information content (AvgIpc) is 2.34. The summed E-state index contributed by atoms with van der Waals surface area (Å²) in [5.41, 5.74) is 0. The van der Waals surface area contributed by atoms with E-state index in [2.05, 4.69) is 16.0 Å². The lowest BCUT2D eigenvalue weighted by molar-refractivity contribution is -0.124. The Kier molecular flexibility index (Phi) is 1.32. The Balaban J connectivity index is 2.16. The van der Waals surface area contributed by atoms with Crippen molar-refractivity contribution in [2.24, 2.45) is 5.92 Å². The summed E-state index contributed by atoms with van der Waals surface area (Å²) in [6, 6.07) is -0.379. The number of urea groups is 1. The van der Waals surface area contributed by atoms with Crippen LogP contribution in [0.5, 0.6) is 0 Å². The van der Waals surface area contributed by atoms with E-state index in [0.717, 1.165) is 0 Å². The van der Waals surface area contributed by atoms with Crippen molar-refractivity contribution >= 4 is 11.9 Å². The molecule has 2 rings (SSSR count). The van der Waals surface area contributed by atoms with Gasteiger partial charge in [-0.2, -0.15) is 0 Å². The molecule has 2 fully saturated rings. The topological polar surface area (TPSA) is 70.2 Å². The van der Waals surface area contributed by atoms with Crippen LogP contribution in [0.1, 0.15) is 0 Å². The van der Waals surface area contributed by atoms with Crippen molar-refractivity contribution in [2.45, 2.75) is 6.04 Å². The van der Waals surface area contributed by atoms with Crippen molar-refractivity contribution in [3.8, 4) is 0 Å². The first-order chi connectivity index (χ1) is 5.27. The maximum atomic E-state index is 11.1. The number of amides is 3. The summed E-state index contributed by atoms with van der Waals surface area (Å²) in [7, 11) is 0. The predicted molar refractivity (Wildman–Crippen MR) is 36.8 cm³/mol. The molecule has 5 nitrogen and oxygen atoms in total. The third kappa shape index (κ3) is 0.970. The standard InChI is InChI=1S/C6H9N3O2/c10-5-3-1-7-2-4(3)8-6(11)9-5/h3-4,7H,1-2H2,(H2,8,9,10,11)/t3-,4-/m1/s1. The molecule has 0 aromatic rings. The second kappa shape index (κ2) is 2.20. The highest BCUT2D eigenvalue weighted by molar-refractivity contribution is 5.98. The van der Waals surface area contributed by atoms with E-state index in [1.807, 2.05) is 0 Å². The van der Waals surface area contributed by atoms with Gasteiger partial charge in [0.1, 0.15) is 0 Å². The van der Waals surface area contributed by atoms with Crippen molar-refractivity contribution in [1.29, 1.82) is 0 Å². The smallest absolute Gasteiger partial charge is 0.321 e. The molecule has 0 aromatic carbocycles. The summed E-state index contributed by atoms with van der Waals surface area (Å²) in [6.45, 7) is 1.36. The Bertz CT molecular complexity index is 216. The zero-order valence-electron chi connectivity index (χ0n) is 5.89. The van der Waals surface area contributed by atoms with Crippen LogP contribution in [0.25, 0.3) is 0 Å². The van der Waals surface area contributed by atoms with Crippen LogP contribution in [0.3, 0.4) is 0 Å². The molecule has 2 saturated heterocycles. The van der Waals surface area contributed by atoms with Crippen LogP contribution >= 0.6 is 0 Å². The fraction of sp³-hybridized carbons (Fsp3) is 0.667. The van der Waals surface area contributed by atoms with E-state index in [0.29, 0.717) is 13.1 Å². The summed E-state index contributed by atoms with van der Waals surface area (Å²) < 4.78 is 0. The van der Waals surface area contributed by atoms with Crippen molar-refractivity contribution in [3.63, 3.8) is 0 Å². The quantitative estimate of drug-likeness (QED) is 0.395. The van der Waals surface area contributed by atoms with Crippen molar-refractivity contribution in [2.75, 3.05) is 13.1 Å². The number of rotatable bonds is 0. The third-order valence-corrected chi connectivity index (χ3v) is 2.10. The summed E-state index contributed by atoms with van der Waals surface area (Å²) in [4.78, 5) is 21.8.